The summed E-state index contributed by atoms with van der Waals surface area (Å²) in [5, 5.41) is 7.90. The molecule has 3 nitrogen and oxygen atoms in total. The fourth-order valence-electron chi connectivity index (χ4n) is 2.58. The maximum atomic E-state index is 4.26. The van der Waals surface area contributed by atoms with Crippen molar-refractivity contribution in [2.24, 2.45) is 18.4 Å². The molecule has 0 aliphatic heterocycles. The van der Waals surface area contributed by atoms with Crippen molar-refractivity contribution in [3.63, 3.8) is 0 Å². The summed E-state index contributed by atoms with van der Waals surface area (Å²) >= 11 is 0. The minimum atomic E-state index is 0.435. The lowest BCUT2D eigenvalue weighted by molar-refractivity contribution is 0.225. The molecule has 0 spiro atoms. The Bertz CT molecular complexity index is 351. The number of hydrogen-bond acceptors (Lipinski definition) is 2. The van der Waals surface area contributed by atoms with Crippen molar-refractivity contribution in [3.05, 3.63) is 18.0 Å². The Hall–Kier alpha value is -0.830. The van der Waals surface area contributed by atoms with E-state index in [1.807, 2.05) is 17.9 Å². The molecule has 0 unspecified atom stereocenters. The van der Waals surface area contributed by atoms with Crippen molar-refractivity contribution in [2.45, 2.75) is 53.4 Å². The number of aromatic nitrogens is 2. The van der Waals surface area contributed by atoms with Gasteiger partial charge in [-0.25, -0.2) is 0 Å². The number of rotatable bonds is 9. The Kier molecular flexibility index (Phi) is 6.56. The Balaban J connectivity index is 2.50. The minimum Gasteiger partial charge on any atom is -0.316 e. The van der Waals surface area contributed by atoms with Crippen LogP contribution in [0.1, 0.15) is 52.5 Å². The lowest BCUT2D eigenvalue weighted by Gasteiger charge is -2.32. The topological polar surface area (TPSA) is 29.9 Å². The summed E-state index contributed by atoms with van der Waals surface area (Å²) in [6.07, 6.45) is 9.01. The molecule has 0 fully saturated rings. The summed E-state index contributed by atoms with van der Waals surface area (Å²) in [7, 11) is 1.99. The van der Waals surface area contributed by atoms with E-state index < -0.39 is 0 Å². The number of aryl methyl sites for hydroxylation is 2. The highest BCUT2D eigenvalue weighted by molar-refractivity contribution is 5.04. The van der Waals surface area contributed by atoms with Gasteiger partial charge in [0.05, 0.1) is 6.20 Å². The normalized spacial score (nSPS) is 12.3. The Labute approximate surface area is 118 Å². The summed E-state index contributed by atoms with van der Waals surface area (Å²) < 4.78 is 1.89. The summed E-state index contributed by atoms with van der Waals surface area (Å²) in [6.45, 7) is 11.4. The van der Waals surface area contributed by atoms with Crippen LogP contribution in [0.5, 0.6) is 0 Å². The fraction of sp³-hybridized carbons (Fsp3) is 0.812. The van der Waals surface area contributed by atoms with Crippen molar-refractivity contribution < 1.29 is 0 Å². The molecule has 1 aromatic rings. The van der Waals surface area contributed by atoms with Crippen LogP contribution < -0.4 is 5.32 Å². The van der Waals surface area contributed by atoms with Gasteiger partial charge in [0.15, 0.2) is 0 Å². The van der Waals surface area contributed by atoms with Gasteiger partial charge in [-0.15, -0.1) is 0 Å². The van der Waals surface area contributed by atoms with Crippen LogP contribution in [0.15, 0.2) is 12.4 Å². The third-order valence-corrected chi connectivity index (χ3v) is 4.25. The molecule has 0 bridgehead atoms. The fourth-order valence-corrected chi connectivity index (χ4v) is 2.58. The molecular formula is C16H31N3. The van der Waals surface area contributed by atoms with Gasteiger partial charge in [0, 0.05) is 19.8 Å². The summed E-state index contributed by atoms with van der Waals surface area (Å²) in [4.78, 5) is 0. The average molecular weight is 265 g/mol. The van der Waals surface area contributed by atoms with E-state index in [9.17, 15) is 0 Å². The van der Waals surface area contributed by atoms with Gasteiger partial charge in [0.25, 0.3) is 0 Å². The van der Waals surface area contributed by atoms with Gasteiger partial charge in [-0.1, -0.05) is 27.7 Å². The van der Waals surface area contributed by atoms with Crippen LogP contribution in [-0.2, 0) is 13.5 Å². The van der Waals surface area contributed by atoms with Crippen molar-refractivity contribution in [2.75, 3.05) is 13.1 Å². The largest absolute Gasteiger partial charge is 0.316 e. The molecule has 0 aliphatic carbocycles. The molecule has 110 valence electrons. The van der Waals surface area contributed by atoms with E-state index in [1.165, 1.54) is 24.8 Å². The molecule has 0 amide bonds. The van der Waals surface area contributed by atoms with Gasteiger partial charge in [0.1, 0.15) is 0 Å². The minimum absolute atomic E-state index is 0.435. The van der Waals surface area contributed by atoms with E-state index in [-0.39, 0.29) is 0 Å². The van der Waals surface area contributed by atoms with E-state index in [0.29, 0.717) is 5.41 Å². The van der Waals surface area contributed by atoms with Gasteiger partial charge in [-0.3, -0.25) is 4.68 Å². The standard InChI is InChI=1S/C16H31N3/c1-6-16(7-2,13-17-10-14(3)4)9-8-15-11-18-19(5)12-15/h11-12,14,17H,6-10,13H2,1-5H3. The molecule has 1 aromatic heterocycles. The zero-order valence-electron chi connectivity index (χ0n) is 13.4. The highest BCUT2D eigenvalue weighted by Crippen LogP contribution is 2.31. The number of nitrogens with zero attached hydrogens (tertiary/aromatic N) is 2. The van der Waals surface area contributed by atoms with Gasteiger partial charge in [-0.05, 0) is 49.1 Å². The number of nitrogens with one attached hydrogen (secondary N) is 1. The Morgan fingerprint density at radius 2 is 2.00 bits per heavy atom. The van der Waals surface area contributed by atoms with E-state index in [4.69, 9.17) is 0 Å². The first kappa shape index (κ1) is 16.2. The van der Waals surface area contributed by atoms with Crippen molar-refractivity contribution >= 4 is 0 Å². The molecule has 1 rings (SSSR count). The van der Waals surface area contributed by atoms with Crippen LogP contribution in [0.4, 0.5) is 0 Å². The third-order valence-electron chi connectivity index (χ3n) is 4.25. The molecule has 0 aromatic carbocycles. The second kappa shape index (κ2) is 7.68. The summed E-state index contributed by atoms with van der Waals surface area (Å²) in [6, 6.07) is 0. The highest BCUT2D eigenvalue weighted by atomic mass is 15.2. The molecule has 0 saturated carbocycles. The zero-order chi connectivity index (χ0) is 14.3. The molecule has 1 N–H and O–H groups in total. The molecule has 0 aliphatic rings. The van der Waals surface area contributed by atoms with E-state index in [2.05, 4.69) is 44.3 Å². The predicted molar refractivity (Wildman–Crippen MR) is 82.3 cm³/mol. The quantitative estimate of drug-likeness (QED) is 0.741. The van der Waals surface area contributed by atoms with E-state index in [0.717, 1.165) is 25.4 Å². The maximum absolute atomic E-state index is 4.26. The van der Waals surface area contributed by atoms with Crippen molar-refractivity contribution in [3.8, 4) is 0 Å². The molecule has 0 saturated heterocycles. The lowest BCUT2D eigenvalue weighted by atomic mass is 9.77. The molecule has 0 radical (unpaired) electrons. The molecular weight excluding hydrogens is 234 g/mol. The first-order valence-corrected chi connectivity index (χ1v) is 7.69. The van der Waals surface area contributed by atoms with Crippen LogP contribution in [0.3, 0.4) is 0 Å². The Morgan fingerprint density at radius 3 is 2.47 bits per heavy atom. The van der Waals surface area contributed by atoms with Gasteiger partial charge in [-0.2, -0.15) is 5.10 Å². The van der Waals surface area contributed by atoms with Crippen molar-refractivity contribution in [1.82, 2.24) is 15.1 Å². The molecule has 19 heavy (non-hydrogen) atoms. The smallest absolute Gasteiger partial charge is 0.0521 e. The third kappa shape index (κ3) is 5.35. The predicted octanol–water partition coefficient (Wildman–Crippen LogP) is 3.40. The first-order chi connectivity index (χ1) is 9.01. The maximum Gasteiger partial charge on any atom is 0.0521 e. The molecule has 3 heteroatoms. The lowest BCUT2D eigenvalue weighted by Crippen LogP contribution is -2.35. The average Bonchev–Trinajstić information content (AvgIpc) is 2.79. The van der Waals surface area contributed by atoms with Gasteiger partial charge in [0.2, 0.25) is 0 Å². The van der Waals surface area contributed by atoms with Gasteiger partial charge < -0.3 is 5.32 Å². The summed E-state index contributed by atoms with van der Waals surface area (Å²) in [5.41, 5.74) is 1.79. The number of hydrogen-bond donors (Lipinski definition) is 1. The Morgan fingerprint density at radius 1 is 1.32 bits per heavy atom. The highest BCUT2D eigenvalue weighted by Gasteiger charge is 2.25. The SMILES string of the molecule is CCC(CC)(CCc1cnn(C)c1)CNCC(C)C. The summed E-state index contributed by atoms with van der Waals surface area (Å²) in [5.74, 6) is 0.727. The second-order valence-corrected chi connectivity index (χ2v) is 6.25. The first-order valence-electron chi connectivity index (χ1n) is 7.69. The van der Waals surface area contributed by atoms with Crippen LogP contribution in [-0.4, -0.2) is 22.9 Å². The zero-order valence-corrected chi connectivity index (χ0v) is 13.4. The van der Waals surface area contributed by atoms with Crippen LogP contribution in [0, 0.1) is 11.3 Å². The van der Waals surface area contributed by atoms with Crippen LogP contribution in [0.25, 0.3) is 0 Å². The van der Waals surface area contributed by atoms with Crippen LogP contribution in [0.2, 0.25) is 0 Å². The molecule has 0 atom stereocenters. The monoisotopic (exact) mass is 265 g/mol. The van der Waals surface area contributed by atoms with Crippen LogP contribution >= 0.6 is 0 Å². The van der Waals surface area contributed by atoms with Gasteiger partial charge >= 0.3 is 0 Å². The van der Waals surface area contributed by atoms with Crippen molar-refractivity contribution in [1.29, 1.82) is 0 Å². The second-order valence-electron chi connectivity index (χ2n) is 6.25. The van der Waals surface area contributed by atoms with E-state index in [1.54, 1.807) is 0 Å². The van der Waals surface area contributed by atoms with E-state index >= 15 is 0 Å². The molecule has 1 heterocycles.